The van der Waals surface area contributed by atoms with Crippen LogP contribution in [0.25, 0.3) is 21.0 Å². The summed E-state index contributed by atoms with van der Waals surface area (Å²) in [4.78, 5) is 10.8. The Labute approximate surface area is 177 Å². The largest absolute Gasteiger partial charge is 0.369 e. The topological polar surface area (TPSA) is 71.6 Å². The maximum atomic E-state index is 12.9. The Kier molecular flexibility index (Phi) is 4.78. The third-order valence-corrected chi connectivity index (χ3v) is 9.58. The van der Waals surface area contributed by atoms with Gasteiger partial charge >= 0.3 is 0 Å². The van der Waals surface area contributed by atoms with Crippen molar-refractivity contribution in [1.82, 2.24) is 9.29 Å². The second kappa shape index (κ2) is 6.88. The van der Waals surface area contributed by atoms with Crippen molar-refractivity contribution in [3.63, 3.8) is 0 Å². The smallest absolute Gasteiger partial charge is 0.203 e. The highest BCUT2D eigenvalue weighted by molar-refractivity contribution is 7.98. The lowest BCUT2D eigenvalue weighted by Gasteiger charge is -2.36. The Morgan fingerprint density at radius 3 is 2.61 bits per heavy atom. The molecule has 1 aromatic carbocycles. The number of hydrogen-bond acceptors (Lipinski definition) is 6. The fraction of sp³-hybridized carbons (Fsp3) is 0.211. The highest BCUT2D eigenvalue weighted by atomic mass is 35.5. The highest BCUT2D eigenvalue weighted by Gasteiger charge is 2.39. The number of hydrogen-bond donors (Lipinski definition) is 1. The van der Waals surface area contributed by atoms with Crippen molar-refractivity contribution in [3.8, 4) is 21.0 Å². The Morgan fingerprint density at radius 2 is 2.00 bits per heavy atom. The normalized spacial score (nSPS) is 25.0. The molecule has 4 rings (SSSR count). The fourth-order valence-corrected chi connectivity index (χ4v) is 7.24. The number of benzene rings is 1. The molecule has 2 atom stereocenters. The second-order valence-electron chi connectivity index (χ2n) is 6.86. The zero-order valence-electron chi connectivity index (χ0n) is 15.4. The van der Waals surface area contributed by atoms with Gasteiger partial charge in [-0.05, 0) is 24.4 Å². The Balaban J connectivity index is 1.71. The van der Waals surface area contributed by atoms with Crippen molar-refractivity contribution < 1.29 is 4.21 Å². The molecule has 0 saturated carbocycles. The maximum Gasteiger partial charge on any atom is 0.203 e. The van der Waals surface area contributed by atoms with Crippen molar-refractivity contribution in [2.75, 3.05) is 12.8 Å². The second-order valence-corrected chi connectivity index (χ2v) is 11.6. The third-order valence-electron chi connectivity index (χ3n) is 4.71. The molecular weight excluding hydrogens is 432 g/mol. The molecule has 3 heterocycles. The number of rotatable bonds is 3. The minimum atomic E-state index is -2.55. The molecule has 9 heteroatoms. The molecule has 1 unspecified atom stereocenters. The molecule has 0 fully saturated rings. The van der Waals surface area contributed by atoms with Gasteiger partial charge in [0.25, 0.3) is 0 Å². The van der Waals surface area contributed by atoms with E-state index in [0.29, 0.717) is 5.02 Å². The molecule has 2 aromatic heterocycles. The molecule has 1 aliphatic heterocycles. The molecule has 28 heavy (non-hydrogen) atoms. The summed E-state index contributed by atoms with van der Waals surface area (Å²) in [5.74, 6) is 4.34. The zero-order valence-corrected chi connectivity index (χ0v) is 18.6. The predicted molar refractivity (Wildman–Crippen MR) is 123 cm³/mol. The van der Waals surface area contributed by atoms with E-state index in [1.54, 1.807) is 35.9 Å². The minimum Gasteiger partial charge on any atom is -0.369 e. The van der Waals surface area contributed by atoms with Crippen LogP contribution in [0.5, 0.6) is 0 Å². The first-order valence-electron chi connectivity index (χ1n) is 8.44. The van der Waals surface area contributed by atoms with Crippen LogP contribution < -0.4 is 5.73 Å². The summed E-state index contributed by atoms with van der Waals surface area (Å²) in [5, 5.41) is 3.55. The van der Waals surface area contributed by atoms with Crippen LogP contribution in [0.3, 0.4) is 0 Å². The lowest BCUT2D eigenvalue weighted by atomic mass is 10.0. The molecule has 0 radical (unpaired) electrons. The zero-order chi connectivity index (χ0) is 20.1. The summed E-state index contributed by atoms with van der Waals surface area (Å²) in [6, 6.07) is 10.2. The van der Waals surface area contributed by atoms with Gasteiger partial charge in [-0.15, -0.1) is 22.7 Å². The van der Waals surface area contributed by atoms with Gasteiger partial charge in [-0.1, -0.05) is 35.9 Å². The fourth-order valence-electron chi connectivity index (χ4n) is 3.20. The van der Waals surface area contributed by atoms with Gasteiger partial charge in [0.15, 0.2) is 0 Å². The van der Waals surface area contributed by atoms with Gasteiger partial charge in [0.05, 0.1) is 25.4 Å². The first-order valence-corrected chi connectivity index (χ1v) is 12.4. The van der Waals surface area contributed by atoms with Crippen LogP contribution in [0.2, 0.25) is 5.02 Å². The Hall–Kier alpha value is -1.87. The van der Waals surface area contributed by atoms with Crippen LogP contribution in [-0.4, -0.2) is 38.1 Å². The number of thiazole rings is 1. The van der Waals surface area contributed by atoms with E-state index in [-0.39, 0.29) is 11.7 Å². The average Bonchev–Trinajstić information content (AvgIpc) is 3.29. The average molecular weight is 451 g/mol. The lowest BCUT2D eigenvalue weighted by molar-refractivity contribution is 0.522. The van der Waals surface area contributed by atoms with Crippen molar-refractivity contribution >= 4 is 55.8 Å². The van der Waals surface area contributed by atoms with Gasteiger partial charge < -0.3 is 5.73 Å². The van der Waals surface area contributed by atoms with Crippen LogP contribution in [0.15, 0.2) is 46.9 Å². The number of aliphatic imine (C=N–C) groups is 1. The van der Waals surface area contributed by atoms with Crippen LogP contribution >= 0.6 is 34.3 Å². The Morgan fingerprint density at radius 1 is 1.32 bits per heavy atom. The SMILES string of the molecule is C=S1(=O)C[C@@](C)(c2sc(-c3ccc(-c4nccs4)cc3)cc2Cl)N=C(N)N1C. The minimum absolute atomic E-state index is 0.215. The van der Waals surface area contributed by atoms with E-state index < -0.39 is 15.2 Å². The van der Waals surface area contributed by atoms with Crippen molar-refractivity contribution in [3.05, 3.63) is 51.8 Å². The van der Waals surface area contributed by atoms with E-state index in [0.717, 1.165) is 25.9 Å². The van der Waals surface area contributed by atoms with Crippen LogP contribution in [0.1, 0.15) is 11.8 Å². The molecule has 3 aromatic rings. The van der Waals surface area contributed by atoms with Crippen molar-refractivity contribution in [1.29, 1.82) is 0 Å². The summed E-state index contributed by atoms with van der Waals surface area (Å²) in [7, 11) is -0.898. The molecule has 146 valence electrons. The quantitative estimate of drug-likeness (QED) is 0.604. The summed E-state index contributed by atoms with van der Waals surface area (Å²) in [5.41, 5.74) is 7.38. The van der Waals surface area contributed by atoms with E-state index in [4.69, 9.17) is 17.3 Å². The molecule has 0 spiro atoms. The Bertz CT molecular complexity index is 1150. The van der Waals surface area contributed by atoms with Gasteiger partial charge in [0, 0.05) is 29.1 Å². The van der Waals surface area contributed by atoms with Crippen molar-refractivity contribution in [2.45, 2.75) is 12.5 Å². The van der Waals surface area contributed by atoms with Crippen molar-refractivity contribution in [2.24, 2.45) is 10.7 Å². The maximum absolute atomic E-state index is 12.9. The standard InChI is InChI=1S/C19H19ClN4OS3/c1-19(11-28(3,25)24(2)18(21)23-19)16-14(20)10-15(27-16)12-4-6-13(7-5-12)17-22-8-9-26-17/h4-10H,3,11H2,1-2H3,(H2,21,23)/t19-,28?/m0/s1. The summed E-state index contributed by atoms with van der Waals surface area (Å²) in [6.45, 7) is 1.91. The molecule has 0 bridgehead atoms. The summed E-state index contributed by atoms with van der Waals surface area (Å²) >= 11 is 9.73. The first-order chi connectivity index (χ1) is 13.2. The van der Waals surface area contributed by atoms with Crippen LogP contribution in [0, 0.1) is 0 Å². The van der Waals surface area contributed by atoms with Crippen LogP contribution in [0.4, 0.5) is 0 Å². The van der Waals surface area contributed by atoms with Gasteiger partial charge in [-0.2, -0.15) is 0 Å². The van der Waals surface area contributed by atoms with Gasteiger partial charge in [0.1, 0.15) is 10.5 Å². The number of thiophene rings is 1. The molecule has 2 N–H and O–H groups in total. The molecular formula is C19H19ClN4OS3. The number of nitrogens with two attached hydrogens (primary N) is 1. The van der Waals surface area contributed by atoms with E-state index in [1.807, 2.05) is 18.4 Å². The molecule has 5 nitrogen and oxygen atoms in total. The van der Waals surface area contributed by atoms with Gasteiger partial charge in [-0.25, -0.2) is 14.2 Å². The third kappa shape index (κ3) is 3.34. The van der Waals surface area contributed by atoms with E-state index in [9.17, 15) is 4.21 Å². The molecule has 1 aliphatic rings. The molecule has 0 amide bonds. The first kappa shape index (κ1) is 19.4. The lowest BCUT2D eigenvalue weighted by Crippen LogP contribution is -2.50. The monoisotopic (exact) mass is 450 g/mol. The number of guanidine groups is 1. The van der Waals surface area contributed by atoms with Gasteiger partial charge in [0.2, 0.25) is 5.96 Å². The van der Waals surface area contributed by atoms with E-state index in [2.05, 4.69) is 40.1 Å². The number of nitrogens with zero attached hydrogens (tertiary/aromatic N) is 3. The van der Waals surface area contributed by atoms with Crippen LogP contribution in [-0.2, 0) is 15.2 Å². The molecule has 0 aliphatic carbocycles. The number of halogens is 1. The van der Waals surface area contributed by atoms with E-state index in [1.165, 1.54) is 4.31 Å². The summed E-state index contributed by atoms with van der Waals surface area (Å²) < 4.78 is 14.3. The molecule has 0 saturated heterocycles. The summed E-state index contributed by atoms with van der Waals surface area (Å²) in [6.07, 6.45) is 1.80. The highest BCUT2D eigenvalue weighted by Crippen LogP contribution is 2.44. The van der Waals surface area contributed by atoms with E-state index >= 15 is 0 Å². The number of aromatic nitrogens is 1. The predicted octanol–water partition coefficient (Wildman–Crippen LogP) is 4.30. The van der Waals surface area contributed by atoms with Gasteiger partial charge in [-0.3, -0.25) is 4.31 Å².